The highest BCUT2D eigenvalue weighted by molar-refractivity contribution is 7.23. The molecule has 1 nitrogen and oxygen atoms in total. The van der Waals surface area contributed by atoms with Gasteiger partial charge in [0, 0.05) is 15.3 Å². The van der Waals surface area contributed by atoms with Crippen LogP contribution in [0.25, 0.3) is 9.75 Å². The van der Waals surface area contributed by atoms with Gasteiger partial charge in [-0.05, 0) is 36.4 Å². The van der Waals surface area contributed by atoms with Crippen molar-refractivity contribution in [3.8, 4) is 21.6 Å². The lowest BCUT2D eigenvalue weighted by Gasteiger charge is -2.01. The maximum atomic E-state index is 12.5. The first-order valence-corrected chi connectivity index (χ1v) is 8.45. The fourth-order valence-corrected chi connectivity index (χ4v) is 3.84. The van der Waals surface area contributed by atoms with E-state index in [0.717, 1.165) is 26.7 Å². The van der Waals surface area contributed by atoms with E-state index in [9.17, 15) is 18.0 Å². The zero-order valence-electron chi connectivity index (χ0n) is 12.1. The topological polar surface area (TPSA) is 17.1 Å². The summed E-state index contributed by atoms with van der Waals surface area (Å²) in [5.74, 6) is 4.26. The second-order valence-electron chi connectivity index (χ2n) is 4.77. The molecule has 0 aliphatic heterocycles. The van der Waals surface area contributed by atoms with E-state index in [2.05, 4.69) is 11.8 Å². The normalized spacial score (nSPS) is 11.0. The van der Waals surface area contributed by atoms with Gasteiger partial charge in [-0.1, -0.05) is 30.0 Å². The van der Waals surface area contributed by atoms with E-state index >= 15 is 0 Å². The number of ketones is 1. The van der Waals surface area contributed by atoms with Gasteiger partial charge in [-0.2, -0.15) is 13.2 Å². The molecular weight excluding hydrogens is 353 g/mol. The first kappa shape index (κ1) is 16.5. The maximum Gasteiger partial charge on any atom is 0.455 e. The maximum absolute atomic E-state index is 12.5. The highest BCUT2D eigenvalue weighted by atomic mass is 32.1. The van der Waals surface area contributed by atoms with Crippen molar-refractivity contribution in [3.63, 3.8) is 0 Å². The predicted molar refractivity (Wildman–Crippen MR) is 90.4 cm³/mol. The van der Waals surface area contributed by atoms with Crippen LogP contribution in [0.3, 0.4) is 0 Å². The minimum atomic E-state index is -4.84. The lowest BCUT2D eigenvalue weighted by Crippen LogP contribution is -2.21. The van der Waals surface area contributed by atoms with Gasteiger partial charge in [-0.25, -0.2) is 0 Å². The van der Waals surface area contributed by atoms with Crippen molar-refractivity contribution >= 4 is 28.5 Å². The molecule has 0 saturated carbocycles. The third kappa shape index (κ3) is 3.75. The van der Waals surface area contributed by atoms with E-state index in [-0.39, 0.29) is 4.88 Å². The minimum absolute atomic E-state index is 0.303. The van der Waals surface area contributed by atoms with E-state index in [1.165, 1.54) is 23.5 Å². The molecule has 0 amide bonds. The first-order chi connectivity index (χ1) is 11.4. The molecule has 0 radical (unpaired) electrons. The Morgan fingerprint density at radius 1 is 0.833 bits per heavy atom. The highest BCUT2D eigenvalue weighted by Gasteiger charge is 2.40. The largest absolute Gasteiger partial charge is 0.455 e. The summed E-state index contributed by atoms with van der Waals surface area (Å²) >= 11 is 2.22. The Hall–Kier alpha value is -2.36. The van der Waals surface area contributed by atoms with E-state index < -0.39 is 12.0 Å². The van der Waals surface area contributed by atoms with Crippen LogP contribution in [0.5, 0.6) is 0 Å². The Balaban J connectivity index is 1.81. The van der Waals surface area contributed by atoms with Gasteiger partial charge in [0.25, 0.3) is 5.78 Å². The van der Waals surface area contributed by atoms with E-state index in [1.807, 2.05) is 36.4 Å². The monoisotopic (exact) mass is 362 g/mol. The Morgan fingerprint density at radius 2 is 1.50 bits per heavy atom. The van der Waals surface area contributed by atoms with Crippen LogP contribution in [0.1, 0.15) is 20.1 Å². The number of hydrogen-bond acceptors (Lipinski definition) is 3. The molecule has 0 atom stereocenters. The molecule has 0 unspecified atom stereocenters. The molecule has 2 heterocycles. The van der Waals surface area contributed by atoms with Crippen LogP contribution in [0, 0.1) is 11.8 Å². The molecule has 120 valence electrons. The molecule has 6 heteroatoms. The summed E-state index contributed by atoms with van der Waals surface area (Å²) in [7, 11) is 0. The number of benzene rings is 1. The van der Waals surface area contributed by atoms with Gasteiger partial charge in [0.05, 0.1) is 9.75 Å². The van der Waals surface area contributed by atoms with Gasteiger partial charge in [-0.3, -0.25) is 4.79 Å². The average molecular weight is 362 g/mol. The molecule has 0 saturated heterocycles. The number of Topliss-reactive ketones (excluding diaryl/α,β-unsaturated/α-hetero) is 1. The van der Waals surface area contributed by atoms with Gasteiger partial charge in [0.2, 0.25) is 0 Å². The summed E-state index contributed by atoms with van der Waals surface area (Å²) in [6, 6.07) is 15.9. The van der Waals surface area contributed by atoms with Crippen molar-refractivity contribution in [1.29, 1.82) is 0 Å². The fraction of sp³-hybridized carbons (Fsp3) is 0.0556. The van der Waals surface area contributed by atoms with Crippen LogP contribution in [0.15, 0.2) is 54.6 Å². The van der Waals surface area contributed by atoms with Crippen molar-refractivity contribution in [1.82, 2.24) is 0 Å². The standard InChI is InChI=1S/C18H9F3OS2/c19-18(20,21)17(22)16-11-10-15(24-16)14-9-8-13(23-14)7-6-12-4-2-1-3-5-12/h1-5,8-11H. The zero-order valence-corrected chi connectivity index (χ0v) is 13.7. The summed E-state index contributed by atoms with van der Waals surface area (Å²) in [6.07, 6.45) is -4.84. The van der Waals surface area contributed by atoms with Crippen molar-refractivity contribution in [2.24, 2.45) is 0 Å². The van der Waals surface area contributed by atoms with Crippen LogP contribution in [0.4, 0.5) is 13.2 Å². The average Bonchev–Trinajstić information content (AvgIpc) is 3.21. The number of halogens is 3. The third-order valence-electron chi connectivity index (χ3n) is 3.04. The van der Waals surface area contributed by atoms with E-state index in [0.29, 0.717) is 4.88 Å². The molecule has 0 fully saturated rings. The molecule has 0 bridgehead atoms. The number of carbonyl (C=O) groups is 1. The van der Waals surface area contributed by atoms with Gasteiger partial charge >= 0.3 is 6.18 Å². The molecule has 3 aromatic rings. The second kappa shape index (κ2) is 6.63. The number of carbonyl (C=O) groups excluding carboxylic acids is 1. The molecule has 3 rings (SSSR count). The molecule has 0 spiro atoms. The van der Waals surface area contributed by atoms with Crippen LogP contribution in [0.2, 0.25) is 0 Å². The van der Waals surface area contributed by atoms with Crippen LogP contribution in [-0.2, 0) is 0 Å². The number of thiophene rings is 2. The Bertz CT molecular complexity index is 924. The summed E-state index contributed by atoms with van der Waals surface area (Å²) < 4.78 is 37.4. The number of hydrogen-bond donors (Lipinski definition) is 0. The SMILES string of the molecule is O=C(c1ccc(-c2ccc(C#Cc3ccccc3)s2)s1)C(F)(F)F. The molecular formula is C18H9F3OS2. The summed E-state index contributed by atoms with van der Waals surface area (Å²) in [6.45, 7) is 0. The highest BCUT2D eigenvalue weighted by Crippen LogP contribution is 2.35. The van der Waals surface area contributed by atoms with Crippen molar-refractivity contribution in [2.75, 3.05) is 0 Å². The Morgan fingerprint density at radius 3 is 2.21 bits per heavy atom. The zero-order chi connectivity index (χ0) is 17.2. The summed E-state index contributed by atoms with van der Waals surface area (Å²) in [4.78, 5) is 13.2. The van der Waals surface area contributed by atoms with Crippen LogP contribution in [-0.4, -0.2) is 12.0 Å². The number of rotatable bonds is 2. The lowest BCUT2D eigenvalue weighted by molar-refractivity contribution is -0.0882. The van der Waals surface area contributed by atoms with E-state index in [1.54, 1.807) is 6.07 Å². The molecule has 0 aliphatic carbocycles. The fourth-order valence-electron chi connectivity index (χ4n) is 1.92. The smallest absolute Gasteiger partial charge is 0.283 e. The Kier molecular flexibility index (Phi) is 4.56. The van der Waals surface area contributed by atoms with Gasteiger partial charge in [-0.15, -0.1) is 22.7 Å². The summed E-state index contributed by atoms with van der Waals surface area (Å²) in [5, 5.41) is 0. The minimum Gasteiger partial charge on any atom is -0.283 e. The van der Waals surface area contributed by atoms with Crippen LogP contribution < -0.4 is 0 Å². The number of alkyl halides is 3. The lowest BCUT2D eigenvalue weighted by atomic mass is 10.2. The molecule has 0 aliphatic rings. The van der Waals surface area contributed by atoms with Gasteiger partial charge in [0.15, 0.2) is 0 Å². The molecule has 2 aromatic heterocycles. The molecule has 0 N–H and O–H groups in total. The second-order valence-corrected chi connectivity index (χ2v) is 6.94. The van der Waals surface area contributed by atoms with E-state index in [4.69, 9.17) is 0 Å². The van der Waals surface area contributed by atoms with Crippen molar-refractivity contribution in [3.05, 3.63) is 69.9 Å². The third-order valence-corrected chi connectivity index (χ3v) is 5.32. The Labute approximate surface area is 144 Å². The molecule has 1 aromatic carbocycles. The van der Waals surface area contributed by atoms with Gasteiger partial charge in [0.1, 0.15) is 0 Å². The van der Waals surface area contributed by atoms with Gasteiger partial charge < -0.3 is 0 Å². The van der Waals surface area contributed by atoms with Crippen molar-refractivity contribution in [2.45, 2.75) is 6.18 Å². The predicted octanol–water partition coefficient (Wildman–Crippen LogP) is 5.62. The van der Waals surface area contributed by atoms with Crippen molar-refractivity contribution < 1.29 is 18.0 Å². The molecule has 24 heavy (non-hydrogen) atoms. The first-order valence-electron chi connectivity index (χ1n) is 6.82. The van der Waals surface area contributed by atoms with Crippen LogP contribution >= 0.6 is 22.7 Å². The quantitative estimate of drug-likeness (QED) is 0.427. The summed E-state index contributed by atoms with van der Waals surface area (Å²) in [5.41, 5.74) is 0.890.